The normalized spacial score (nSPS) is 13.2. The van der Waals surface area contributed by atoms with Gasteiger partial charge in [-0.25, -0.2) is 0 Å². The minimum Gasteiger partial charge on any atom is -0.545 e. The molecule has 0 bridgehead atoms. The molecule has 492 valence electrons. The van der Waals surface area contributed by atoms with Gasteiger partial charge in [-0.2, -0.15) is 0 Å². The van der Waals surface area contributed by atoms with Crippen LogP contribution in [-0.2, 0) is 33.3 Å². The van der Waals surface area contributed by atoms with Gasteiger partial charge in [0.15, 0.2) is 12.4 Å². The maximum absolute atomic E-state index is 12.9. The molecule has 2 unspecified atom stereocenters. The number of likely N-dealkylation sites (N-methyl/N-ethyl adjacent to an activating group) is 1. The molecule has 0 rings (SSSR count). The molecule has 0 aromatic heterocycles. The molecule has 0 aliphatic heterocycles. The van der Waals surface area contributed by atoms with Crippen molar-refractivity contribution in [2.24, 2.45) is 0 Å². The number of carbonyl (C=O) groups excluding carboxylic acids is 3. The van der Waals surface area contributed by atoms with Crippen molar-refractivity contribution in [3.05, 3.63) is 85.1 Å². The molecule has 0 aliphatic carbocycles. The van der Waals surface area contributed by atoms with E-state index in [4.69, 9.17) is 18.9 Å². The molecule has 0 heterocycles. The van der Waals surface area contributed by atoms with Crippen LogP contribution in [0.1, 0.15) is 322 Å². The van der Waals surface area contributed by atoms with E-state index in [1.54, 1.807) is 0 Å². The molecule has 0 aromatic rings. The molecule has 85 heavy (non-hydrogen) atoms. The number of esters is 2. The SMILES string of the molecule is CC/C=C\C/C=C\C/C=C\C/C=C\C/C=C\CCCCCCCCCCCCCCCC(=O)OC(COC(=O)CCCCCCCCCCCCCCCCCCCCC/C=C\C/C=C\CCCCCCC)COC(OCC[N+](C)(C)C)C(=O)[O-]. The van der Waals surface area contributed by atoms with Gasteiger partial charge in [-0.05, 0) is 89.9 Å². The summed E-state index contributed by atoms with van der Waals surface area (Å²) in [6.07, 6.45) is 86.7. The van der Waals surface area contributed by atoms with Crippen LogP contribution in [-0.4, -0.2) is 82.3 Å². The number of hydrogen-bond donors (Lipinski definition) is 0. The highest BCUT2D eigenvalue weighted by Gasteiger charge is 2.22. The van der Waals surface area contributed by atoms with E-state index >= 15 is 0 Å². The van der Waals surface area contributed by atoms with E-state index in [0.717, 1.165) is 77.0 Å². The Morgan fingerprint density at radius 3 is 1.00 bits per heavy atom. The molecule has 0 N–H and O–H groups in total. The van der Waals surface area contributed by atoms with Crippen LogP contribution >= 0.6 is 0 Å². The Labute approximate surface area is 525 Å². The van der Waals surface area contributed by atoms with E-state index in [-0.39, 0.29) is 32.2 Å². The Morgan fingerprint density at radius 2 is 0.671 bits per heavy atom. The second-order valence-corrected chi connectivity index (χ2v) is 25.1. The Balaban J connectivity index is 4.09. The number of quaternary nitrogens is 1. The minimum absolute atomic E-state index is 0.146. The largest absolute Gasteiger partial charge is 0.545 e. The summed E-state index contributed by atoms with van der Waals surface area (Å²) in [4.78, 5) is 37.5. The maximum Gasteiger partial charge on any atom is 0.306 e. The number of unbranched alkanes of at least 4 members (excludes halogenated alkanes) is 37. The summed E-state index contributed by atoms with van der Waals surface area (Å²) in [5.41, 5.74) is 0. The fraction of sp³-hybridized carbons (Fsp3) is 0.776. The van der Waals surface area contributed by atoms with Crippen LogP contribution in [0.25, 0.3) is 0 Å². The van der Waals surface area contributed by atoms with Gasteiger partial charge in [0.05, 0.1) is 40.3 Å². The molecule has 0 aromatic carbocycles. The van der Waals surface area contributed by atoms with Crippen LogP contribution in [0.5, 0.6) is 0 Å². The van der Waals surface area contributed by atoms with Crippen molar-refractivity contribution < 1.29 is 42.9 Å². The van der Waals surface area contributed by atoms with Crippen LogP contribution < -0.4 is 5.11 Å². The van der Waals surface area contributed by atoms with E-state index < -0.39 is 24.3 Å². The number of allylic oxidation sites excluding steroid dienone is 14. The second-order valence-electron chi connectivity index (χ2n) is 25.1. The smallest absolute Gasteiger partial charge is 0.306 e. The molecule has 0 saturated carbocycles. The molecule has 2 atom stereocenters. The van der Waals surface area contributed by atoms with E-state index in [9.17, 15) is 19.5 Å². The number of carbonyl (C=O) groups is 3. The second kappa shape index (κ2) is 66.4. The number of carboxylic acids is 1. The molecule has 0 amide bonds. The van der Waals surface area contributed by atoms with Gasteiger partial charge in [-0.1, -0.05) is 304 Å². The van der Waals surface area contributed by atoms with Crippen molar-refractivity contribution in [2.75, 3.05) is 47.5 Å². The van der Waals surface area contributed by atoms with Gasteiger partial charge < -0.3 is 33.3 Å². The predicted octanol–water partition coefficient (Wildman–Crippen LogP) is 20.9. The number of nitrogens with zero attached hydrogens (tertiary/aromatic N) is 1. The minimum atomic E-state index is -1.62. The van der Waals surface area contributed by atoms with Crippen molar-refractivity contribution in [3.63, 3.8) is 0 Å². The lowest BCUT2D eigenvalue weighted by molar-refractivity contribution is -0.870. The third-order valence-corrected chi connectivity index (χ3v) is 15.6. The van der Waals surface area contributed by atoms with Crippen molar-refractivity contribution in [3.8, 4) is 0 Å². The van der Waals surface area contributed by atoms with Crippen molar-refractivity contribution >= 4 is 17.9 Å². The average molecular weight is 1190 g/mol. The Morgan fingerprint density at radius 1 is 0.365 bits per heavy atom. The summed E-state index contributed by atoms with van der Waals surface area (Å²) in [6, 6.07) is 0. The Kier molecular flexibility index (Phi) is 63.7. The fourth-order valence-corrected chi connectivity index (χ4v) is 10.2. The molecule has 0 spiro atoms. The number of hydrogen-bond acceptors (Lipinski definition) is 8. The maximum atomic E-state index is 12.9. The lowest BCUT2D eigenvalue weighted by atomic mass is 10.0. The molecule has 0 aliphatic rings. The topological polar surface area (TPSA) is 111 Å². The zero-order chi connectivity index (χ0) is 61.9. The van der Waals surface area contributed by atoms with Crippen LogP contribution in [0.4, 0.5) is 0 Å². The van der Waals surface area contributed by atoms with Gasteiger partial charge in [0, 0.05) is 12.8 Å². The summed E-state index contributed by atoms with van der Waals surface area (Å²) in [7, 11) is 5.94. The average Bonchev–Trinajstić information content (AvgIpc) is 3.48. The first-order valence-electron chi connectivity index (χ1n) is 35.7. The molecular formula is C76H135NO8. The summed E-state index contributed by atoms with van der Waals surface area (Å²) in [5, 5.41) is 11.8. The zero-order valence-corrected chi connectivity index (χ0v) is 56.2. The summed E-state index contributed by atoms with van der Waals surface area (Å²) in [5.74, 6) is -2.27. The molecule has 0 radical (unpaired) electrons. The van der Waals surface area contributed by atoms with Gasteiger partial charge in [0.1, 0.15) is 13.2 Å². The van der Waals surface area contributed by atoms with Crippen LogP contribution in [0.15, 0.2) is 85.1 Å². The molecule has 9 heteroatoms. The quantitative estimate of drug-likeness (QED) is 0.0195. The lowest BCUT2D eigenvalue weighted by Crippen LogP contribution is -2.44. The van der Waals surface area contributed by atoms with Gasteiger partial charge in [0.25, 0.3) is 0 Å². The van der Waals surface area contributed by atoms with Crippen LogP contribution in [0, 0.1) is 0 Å². The van der Waals surface area contributed by atoms with E-state index in [1.165, 1.54) is 212 Å². The lowest BCUT2D eigenvalue weighted by Gasteiger charge is -2.26. The van der Waals surface area contributed by atoms with Crippen molar-refractivity contribution in [1.82, 2.24) is 0 Å². The Hall–Kier alpha value is -3.53. The highest BCUT2D eigenvalue weighted by Crippen LogP contribution is 2.18. The zero-order valence-electron chi connectivity index (χ0n) is 56.2. The standard InChI is InChI=1S/C76H135NO8/c1-6-8-10-12-14-16-18-20-22-24-26-28-30-32-34-36-37-39-40-42-44-46-48-50-52-54-56-58-60-62-64-66-73(78)83-70-72(71-84-76(75(80)81)82-69-68-77(3,4)5)85-74(79)67-65-63-61-59-57-55-53-51-49-47-45-43-41-38-35-33-31-29-27-25-23-21-19-17-15-13-11-9-7-2/h9,11,15,17-18,20-21,23-24,26-27,29,33,35,72,76H,6-8,10,12-14,16,19,22,25,28,30-32,34,36-71H2,1-5H3/b11-9-,17-15-,20-18-,23-21-,26-24-,29-27-,35-33-. The monoisotopic (exact) mass is 1190 g/mol. The molecule has 0 fully saturated rings. The van der Waals surface area contributed by atoms with Crippen LogP contribution in [0.3, 0.4) is 0 Å². The molecular weight excluding hydrogens is 1050 g/mol. The first kappa shape index (κ1) is 81.5. The van der Waals surface area contributed by atoms with E-state index in [1.807, 2.05) is 21.1 Å². The third kappa shape index (κ3) is 67.8. The van der Waals surface area contributed by atoms with Crippen molar-refractivity contribution in [2.45, 2.75) is 334 Å². The van der Waals surface area contributed by atoms with E-state index in [0.29, 0.717) is 23.9 Å². The summed E-state index contributed by atoms with van der Waals surface area (Å²) >= 11 is 0. The number of ether oxygens (including phenoxy) is 4. The molecule has 0 saturated heterocycles. The number of carboxylic acid groups (broad SMARTS) is 1. The van der Waals surface area contributed by atoms with Gasteiger partial charge >= 0.3 is 11.9 Å². The van der Waals surface area contributed by atoms with Gasteiger partial charge in [-0.3, -0.25) is 9.59 Å². The van der Waals surface area contributed by atoms with Gasteiger partial charge in [-0.15, -0.1) is 0 Å². The first-order valence-corrected chi connectivity index (χ1v) is 35.7. The third-order valence-electron chi connectivity index (χ3n) is 15.6. The molecule has 9 nitrogen and oxygen atoms in total. The predicted molar refractivity (Wildman–Crippen MR) is 361 cm³/mol. The van der Waals surface area contributed by atoms with Gasteiger partial charge in [0.2, 0.25) is 0 Å². The first-order chi connectivity index (χ1) is 41.6. The van der Waals surface area contributed by atoms with Crippen LogP contribution in [0.2, 0.25) is 0 Å². The van der Waals surface area contributed by atoms with E-state index in [2.05, 4.69) is 98.9 Å². The number of rotatable bonds is 66. The fourth-order valence-electron chi connectivity index (χ4n) is 10.2. The highest BCUT2D eigenvalue weighted by molar-refractivity contribution is 5.70. The Bertz CT molecular complexity index is 1670. The number of aliphatic carboxylic acids is 1. The highest BCUT2D eigenvalue weighted by atomic mass is 16.7. The van der Waals surface area contributed by atoms with Crippen molar-refractivity contribution in [1.29, 1.82) is 0 Å². The summed E-state index contributed by atoms with van der Waals surface area (Å²) < 4.78 is 22.8. The summed E-state index contributed by atoms with van der Waals surface area (Å²) in [6.45, 7) is 4.66.